The van der Waals surface area contributed by atoms with E-state index in [4.69, 9.17) is 21.1 Å². The van der Waals surface area contributed by atoms with E-state index in [0.717, 1.165) is 5.56 Å². The van der Waals surface area contributed by atoms with Crippen molar-refractivity contribution in [2.75, 3.05) is 25.6 Å². The molecule has 2 rings (SSSR count). The zero-order chi connectivity index (χ0) is 16.7. The Morgan fingerprint density at radius 3 is 2.74 bits per heavy atom. The molecule has 0 bridgehead atoms. The number of carbonyl (C=O) groups excluding carboxylic acids is 1. The highest BCUT2D eigenvalue weighted by Gasteiger charge is 2.03. The summed E-state index contributed by atoms with van der Waals surface area (Å²) in [5.74, 6) is 1.36. The van der Waals surface area contributed by atoms with E-state index < -0.39 is 0 Å². The second-order valence-electron chi connectivity index (χ2n) is 4.87. The monoisotopic (exact) mass is 334 g/mol. The highest BCUT2D eigenvalue weighted by atomic mass is 35.5. The van der Waals surface area contributed by atoms with Gasteiger partial charge in [0.05, 0.1) is 13.7 Å². The summed E-state index contributed by atoms with van der Waals surface area (Å²) < 4.78 is 10.6. The van der Waals surface area contributed by atoms with Gasteiger partial charge in [0, 0.05) is 16.8 Å². The van der Waals surface area contributed by atoms with Gasteiger partial charge in [-0.2, -0.15) is 0 Å². The Morgan fingerprint density at radius 2 is 2.00 bits per heavy atom. The van der Waals surface area contributed by atoms with Crippen LogP contribution >= 0.6 is 11.6 Å². The maximum atomic E-state index is 11.8. The predicted octanol–water partition coefficient (Wildman–Crippen LogP) is 3.86. The first-order valence-electron chi connectivity index (χ1n) is 7.16. The minimum Gasteiger partial charge on any atom is -0.497 e. The normalized spacial score (nSPS) is 10.0. The highest BCUT2D eigenvalue weighted by Crippen LogP contribution is 2.21. The van der Waals surface area contributed by atoms with Gasteiger partial charge in [0.25, 0.3) is 0 Å². The molecule has 2 N–H and O–H groups in total. The fourth-order valence-electron chi connectivity index (χ4n) is 1.87. The molecule has 0 unspecified atom stereocenters. The molecule has 0 radical (unpaired) electrons. The van der Waals surface area contributed by atoms with E-state index in [-0.39, 0.29) is 6.03 Å². The number of ether oxygens (including phenoxy) is 2. The number of amides is 2. The Morgan fingerprint density at radius 1 is 1.17 bits per heavy atom. The summed E-state index contributed by atoms with van der Waals surface area (Å²) in [4.78, 5) is 11.8. The Kier molecular flexibility index (Phi) is 6.11. The molecule has 0 aliphatic carbocycles. The number of methoxy groups -OCH3 is 1. The molecule has 0 fully saturated rings. The summed E-state index contributed by atoms with van der Waals surface area (Å²) in [6.07, 6.45) is 0. The summed E-state index contributed by atoms with van der Waals surface area (Å²) in [5.41, 5.74) is 1.66. The molecule has 0 aliphatic heterocycles. The van der Waals surface area contributed by atoms with Crippen LogP contribution < -0.4 is 20.1 Å². The molecule has 2 aromatic rings. The van der Waals surface area contributed by atoms with Crippen molar-refractivity contribution >= 4 is 23.3 Å². The number of halogens is 1. The van der Waals surface area contributed by atoms with Gasteiger partial charge in [-0.05, 0) is 36.8 Å². The standard InChI is InChI=1S/C17H19ClN2O3/c1-12-6-7-15(11-16(12)18)23-9-8-19-17(21)20-13-4-3-5-14(10-13)22-2/h3-7,10-11H,8-9H2,1-2H3,(H2,19,20,21). The molecule has 0 saturated heterocycles. The van der Waals surface area contributed by atoms with Crippen LogP contribution in [0, 0.1) is 6.92 Å². The van der Waals surface area contributed by atoms with Crippen molar-refractivity contribution in [3.8, 4) is 11.5 Å². The van der Waals surface area contributed by atoms with Crippen molar-refractivity contribution < 1.29 is 14.3 Å². The average molecular weight is 335 g/mol. The number of hydrogen-bond acceptors (Lipinski definition) is 3. The minimum absolute atomic E-state index is 0.302. The number of anilines is 1. The predicted molar refractivity (Wildman–Crippen MR) is 91.7 cm³/mol. The van der Waals surface area contributed by atoms with Gasteiger partial charge < -0.3 is 20.1 Å². The van der Waals surface area contributed by atoms with Crippen LogP contribution in [0.4, 0.5) is 10.5 Å². The zero-order valence-corrected chi connectivity index (χ0v) is 13.8. The lowest BCUT2D eigenvalue weighted by atomic mass is 10.2. The minimum atomic E-state index is -0.302. The first-order chi connectivity index (χ1) is 11.1. The SMILES string of the molecule is COc1cccc(NC(=O)NCCOc2ccc(C)c(Cl)c2)c1. The largest absolute Gasteiger partial charge is 0.497 e. The van der Waals surface area contributed by atoms with E-state index >= 15 is 0 Å². The van der Waals surface area contributed by atoms with Crippen LogP contribution in [-0.4, -0.2) is 26.3 Å². The fourth-order valence-corrected chi connectivity index (χ4v) is 2.04. The molecule has 23 heavy (non-hydrogen) atoms. The van der Waals surface area contributed by atoms with Gasteiger partial charge in [-0.25, -0.2) is 4.79 Å². The Labute approximate surface area is 140 Å². The second kappa shape index (κ2) is 8.29. The van der Waals surface area contributed by atoms with E-state index in [1.807, 2.05) is 25.1 Å². The molecule has 0 aromatic heterocycles. The maximum Gasteiger partial charge on any atom is 0.319 e. The fraction of sp³-hybridized carbons (Fsp3) is 0.235. The molecule has 0 atom stereocenters. The molecule has 0 saturated carbocycles. The number of carbonyl (C=O) groups is 1. The van der Waals surface area contributed by atoms with Crippen LogP contribution in [0.5, 0.6) is 11.5 Å². The van der Waals surface area contributed by atoms with Crippen LogP contribution in [0.3, 0.4) is 0 Å². The lowest BCUT2D eigenvalue weighted by molar-refractivity contribution is 0.247. The van der Waals surface area contributed by atoms with Gasteiger partial charge >= 0.3 is 6.03 Å². The number of nitrogens with one attached hydrogen (secondary N) is 2. The number of rotatable bonds is 6. The van der Waals surface area contributed by atoms with Crippen LogP contribution in [0.25, 0.3) is 0 Å². The van der Waals surface area contributed by atoms with E-state index in [9.17, 15) is 4.79 Å². The third kappa shape index (κ3) is 5.38. The molecule has 0 heterocycles. The second-order valence-corrected chi connectivity index (χ2v) is 5.28. The van der Waals surface area contributed by atoms with E-state index in [1.165, 1.54) is 0 Å². The van der Waals surface area contributed by atoms with Crippen molar-refractivity contribution in [3.63, 3.8) is 0 Å². The van der Waals surface area contributed by atoms with E-state index in [1.54, 1.807) is 31.4 Å². The Bertz CT molecular complexity index is 677. The molecule has 0 aliphatic rings. The van der Waals surface area contributed by atoms with E-state index in [2.05, 4.69) is 10.6 Å². The number of urea groups is 1. The van der Waals surface area contributed by atoms with Crippen molar-refractivity contribution in [2.24, 2.45) is 0 Å². The van der Waals surface area contributed by atoms with Gasteiger partial charge in [0.1, 0.15) is 18.1 Å². The summed E-state index contributed by atoms with van der Waals surface area (Å²) >= 11 is 6.02. The van der Waals surface area contributed by atoms with Gasteiger partial charge in [0.2, 0.25) is 0 Å². The van der Waals surface area contributed by atoms with Crippen LogP contribution in [0.15, 0.2) is 42.5 Å². The molecule has 2 aromatic carbocycles. The van der Waals surface area contributed by atoms with Gasteiger partial charge in [0.15, 0.2) is 0 Å². The number of hydrogen-bond donors (Lipinski definition) is 2. The van der Waals surface area contributed by atoms with Crippen molar-refractivity contribution in [3.05, 3.63) is 53.1 Å². The number of aryl methyl sites for hydroxylation is 1. The molecule has 6 heteroatoms. The Balaban J connectivity index is 1.73. The summed E-state index contributed by atoms with van der Waals surface area (Å²) in [5, 5.41) is 6.10. The van der Waals surface area contributed by atoms with Gasteiger partial charge in [-0.3, -0.25) is 0 Å². The quantitative estimate of drug-likeness (QED) is 0.789. The van der Waals surface area contributed by atoms with E-state index in [0.29, 0.717) is 35.4 Å². The van der Waals surface area contributed by atoms with Gasteiger partial charge in [-0.1, -0.05) is 23.7 Å². The molecular formula is C17H19ClN2O3. The maximum absolute atomic E-state index is 11.8. The number of benzene rings is 2. The van der Waals surface area contributed by atoms with Crippen LogP contribution in [-0.2, 0) is 0 Å². The molecular weight excluding hydrogens is 316 g/mol. The molecule has 5 nitrogen and oxygen atoms in total. The smallest absolute Gasteiger partial charge is 0.319 e. The summed E-state index contributed by atoms with van der Waals surface area (Å²) in [7, 11) is 1.58. The van der Waals surface area contributed by atoms with Crippen LogP contribution in [0.2, 0.25) is 5.02 Å². The molecule has 2 amide bonds. The first-order valence-corrected chi connectivity index (χ1v) is 7.54. The third-order valence-electron chi connectivity index (χ3n) is 3.13. The van der Waals surface area contributed by atoms with Crippen molar-refractivity contribution in [2.45, 2.75) is 6.92 Å². The van der Waals surface area contributed by atoms with Crippen LogP contribution in [0.1, 0.15) is 5.56 Å². The lowest BCUT2D eigenvalue weighted by Crippen LogP contribution is -2.32. The third-order valence-corrected chi connectivity index (χ3v) is 3.53. The average Bonchev–Trinajstić information content (AvgIpc) is 2.55. The highest BCUT2D eigenvalue weighted by molar-refractivity contribution is 6.31. The Hall–Kier alpha value is -2.40. The summed E-state index contributed by atoms with van der Waals surface area (Å²) in [6, 6.07) is 12.3. The van der Waals surface area contributed by atoms with Crippen molar-refractivity contribution in [1.29, 1.82) is 0 Å². The van der Waals surface area contributed by atoms with Gasteiger partial charge in [-0.15, -0.1) is 0 Å². The topological polar surface area (TPSA) is 59.6 Å². The first kappa shape index (κ1) is 17.0. The molecule has 122 valence electrons. The summed E-state index contributed by atoms with van der Waals surface area (Å²) in [6.45, 7) is 2.66. The zero-order valence-electron chi connectivity index (χ0n) is 13.1. The lowest BCUT2D eigenvalue weighted by Gasteiger charge is -2.10. The molecule has 0 spiro atoms. The van der Waals surface area contributed by atoms with Crippen molar-refractivity contribution in [1.82, 2.24) is 5.32 Å².